The molecule has 2 aromatic rings. The number of benzene rings is 1. The highest BCUT2D eigenvalue weighted by molar-refractivity contribution is 8.26. The normalized spacial score (nSPS) is 18.3. The molecule has 0 atom stereocenters. The first-order valence-corrected chi connectivity index (χ1v) is 12.4. The third-order valence-corrected chi connectivity index (χ3v) is 7.31. The maximum atomic E-state index is 13.0. The highest BCUT2D eigenvalue weighted by atomic mass is 32.2. The van der Waals surface area contributed by atoms with Gasteiger partial charge < -0.3 is 9.47 Å². The highest BCUT2D eigenvalue weighted by Crippen LogP contribution is 2.38. The van der Waals surface area contributed by atoms with Gasteiger partial charge in [0.1, 0.15) is 4.32 Å². The number of hydrogen-bond acceptors (Lipinski definition) is 8. The molecule has 1 N–H and O–H groups in total. The summed E-state index contributed by atoms with van der Waals surface area (Å²) in [5.74, 6) is 0.583. The van der Waals surface area contributed by atoms with Gasteiger partial charge in [-0.2, -0.15) is 0 Å². The molecular formula is C22H23N3O4S3. The summed E-state index contributed by atoms with van der Waals surface area (Å²) in [6.07, 6.45) is 8.96. The number of hydrogen-bond donors (Lipinski definition) is 1. The van der Waals surface area contributed by atoms with Gasteiger partial charge in [-0.15, -0.1) is 11.3 Å². The van der Waals surface area contributed by atoms with E-state index in [0.717, 1.165) is 31.2 Å². The number of aromatic nitrogens is 1. The fraction of sp³-hybridized carbons (Fsp3) is 0.364. The van der Waals surface area contributed by atoms with Crippen LogP contribution in [-0.4, -0.2) is 45.8 Å². The summed E-state index contributed by atoms with van der Waals surface area (Å²) < 4.78 is 11.7. The molecule has 1 saturated carbocycles. The van der Waals surface area contributed by atoms with Gasteiger partial charge in [0.25, 0.3) is 11.8 Å². The summed E-state index contributed by atoms with van der Waals surface area (Å²) in [5.41, 5.74) is 0.797. The maximum Gasteiger partial charge on any atom is 0.266 e. The first kappa shape index (κ1) is 22.8. The fourth-order valence-electron chi connectivity index (χ4n) is 3.76. The largest absolute Gasteiger partial charge is 0.493 e. The van der Waals surface area contributed by atoms with E-state index in [9.17, 15) is 9.59 Å². The zero-order chi connectivity index (χ0) is 22.5. The molecule has 7 nitrogen and oxygen atoms in total. The number of nitrogens with one attached hydrogen (secondary N) is 1. The van der Waals surface area contributed by atoms with Gasteiger partial charge >= 0.3 is 0 Å². The van der Waals surface area contributed by atoms with Crippen LogP contribution in [0, 0.1) is 0 Å². The van der Waals surface area contributed by atoms with Gasteiger partial charge in [0.05, 0.1) is 12.0 Å². The first-order chi connectivity index (χ1) is 15.5. The Morgan fingerprint density at radius 3 is 2.84 bits per heavy atom. The molecule has 10 heteroatoms. The molecule has 1 aliphatic carbocycles. The lowest BCUT2D eigenvalue weighted by atomic mass is 9.94. The quantitative estimate of drug-likeness (QED) is 0.446. The molecule has 0 bridgehead atoms. The number of nitrogens with zero attached hydrogens (tertiary/aromatic N) is 2. The van der Waals surface area contributed by atoms with Crippen molar-refractivity contribution in [3.63, 3.8) is 0 Å². The molecular weight excluding hydrogens is 466 g/mol. The van der Waals surface area contributed by atoms with E-state index >= 15 is 0 Å². The van der Waals surface area contributed by atoms with Crippen molar-refractivity contribution in [1.82, 2.24) is 9.88 Å². The summed E-state index contributed by atoms with van der Waals surface area (Å²) in [6.45, 7) is -0.171. The number of rotatable bonds is 7. The first-order valence-electron chi connectivity index (χ1n) is 10.3. The summed E-state index contributed by atoms with van der Waals surface area (Å²) in [7, 11) is 1.53. The topological polar surface area (TPSA) is 80.8 Å². The molecule has 1 saturated heterocycles. The molecule has 0 unspecified atom stereocenters. The molecule has 0 radical (unpaired) electrons. The van der Waals surface area contributed by atoms with Crippen molar-refractivity contribution in [3.8, 4) is 11.5 Å². The predicted octanol–water partition coefficient (Wildman–Crippen LogP) is 4.70. The summed E-state index contributed by atoms with van der Waals surface area (Å²) in [6, 6.07) is 5.54. The number of ether oxygens (including phenoxy) is 2. The lowest BCUT2D eigenvalue weighted by Gasteiger charge is -2.29. The van der Waals surface area contributed by atoms with Crippen LogP contribution in [0.4, 0.5) is 5.13 Å². The average Bonchev–Trinajstić information content (AvgIpc) is 3.40. The fourth-order valence-corrected chi connectivity index (χ4v) is 5.71. The molecule has 0 spiro atoms. The molecule has 2 aliphatic rings. The number of thiocarbonyl (C=S) groups is 1. The van der Waals surface area contributed by atoms with Crippen LogP contribution >= 0.6 is 35.3 Å². The van der Waals surface area contributed by atoms with E-state index in [0.29, 0.717) is 25.9 Å². The van der Waals surface area contributed by atoms with E-state index in [-0.39, 0.29) is 24.5 Å². The zero-order valence-corrected chi connectivity index (χ0v) is 20.0. The van der Waals surface area contributed by atoms with Gasteiger partial charge in [0.15, 0.2) is 23.2 Å². The molecule has 2 amide bonds. The predicted molar refractivity (Wildman–Crippen MR) is 131 cm³/mol. The van der Waals surface area contributed by atoms with Crippen LogP contribution in [-0.2, 0) is 9.59 Å². The SMILES string of the molecule is COc1cc(C=C2SC(=S)N(C3CCCCC3)C2=O)ccc1OCC(=O)Nc1nccs1. The third kappa shape index (κ3) is 5.31. The smallest absolute Gasteiger partial charge is 0.266 e. The number of methoxy groups -OCH3 is 1. The van der Waals surface area contributed by atoms with Crippen LogP contribution < -0.4 is 14.8 Å². The van der Waals surface area contributed by atoms with Gasteiger partial charge in [0, 0.05) is 17.6 Å². The third-order valence-electron chi connectivity index (χ3n) is 5.29. The van der Waals surface area contributed by atoms with Crippen molar-refractivity contribution in [2.24, 2.45) is 0 Å². The number of carbonyl (C=O) groups is 2. The Morgan fingerprint density at radius 1 is 1.31 bits per heavy atom. The minimum atomic E-state index is -0.308. The Kier molecular flexibility index (Phi) is 7.44. The van der Waals surface area contributed by atoms with Gasteiger partial charge in [0.2, 0.25) is 0 Å². The van der Waals surface area contributed by atoms with Gasteiger partial charge in [-0.25, -0.2) is 4.98 Å². The minimum absolute atomic E-state index is 0.0231. The van der Waals surface area contributed by atoms with Crippen molar-refractivity contribution in [2.45, 2.75) is 38.1 Å². The second kappa shape index (κ2) is 10.5. The Hall–Kier alpha value is -2.43. The zero-order valence-electron chi connectivity index (χ0n) is 17.5. The van der Waals surface area contributed by atoms with E-state index in [1.165, 1.54) is 36.6 Å². The monoisotopic (exact) mass is 489 g/mol. The van der Waals surface area contributed by atoms with Crippen molar-refractivity contribution in [3.05, 3.63) is 40.2 Å². The lowest BCUT2D eigenvalue weighted by Crippen LogP contribution is -2.39. The van der Waals surface area contributed by atoms with Crippen LogP contribution in [0.3, 0.4) is 0 Å². The highest BCUT2D eigenvalue weighted by Gasteiger charge is 2.37. The van der Waals surface area contributed by atoms with Gasteiger partial charge in [-0.3, -0.25) is 19.8 Å². The van der Waals surface area contributed by atoms with Crippen LogP contribution in [0.2, 0.25) is 0 Å². The van der Waals surface area contributed by atoms with Crippen LogP contribution in [0.1, 0.15) is 37.7 Å². The van der Waals surface area contributed by atoms with Crippen LogP contribution in [0.25, 0.3) is 6.08 Å². The Labute approximate surface area is 200 Å². The van der Waals surface area contributed by atoms with E-state index in [2.05, 4.69) is 10.3 Å². The number of thiazole rings is 1. The van der Waals surface area contributed by atoms with Crippen molar-refractivity contribution >= 4 is 62.7 Å². The Morgan fingerprint density at radius 2 is 2.12 bits per heavy atom. The molecule has 2 fully saturated rings. The molecule has 1 aliphatic heterocycles. The van der Waals surface area contributed by atoms with E-state index in [1.54, 1.807) is 28.6 Å². The molecule has 168 valence electrons. The average molecular weight is 490 g/mol. The second-order valence-corrected chi connectivity index (χ2v) is 10.00. The Balaban J connectivity index is 1.43. The summed E-state index contributed by atoms with van der Waals surface area (Å²) in [4.78, 5) is 31.4. The number of amides is 2. The number of anilines is 1. The summed E-state index contributed by atoms with van der Waals surface area (Å²) in [5, 5.41) is 4.96. The van der Waals surface area contributed by atoms with Crippen molar-refractivity contribution < 1.29 is 19.1 Å². The molecule has 1 aromatic heterocycles. The number of carbonyl (C=O) groups excluding carboxylic acids is 2. The summed E-state index contributed by atoms with van der Waals surface area (Å²) >= 11 is 8.18. The van der Waals surface area contributed by atoms with E-state index < -0.39 is 0 Å². The van der Waals surface area contributed by atoms with Crippen LogP contribution in [0.15, 0.2) is 34.7 Å². The van der Waals surface area contributed by atoms with Crippen molar-refractivity contribution in [2.75, 3.05) is 19.0 Å². The molecule has 1 aromatic carbocycles. The van der Waals surface area contributed by atoms with E-state index in [4.69, 9.17) is 21.7 Å². The second-order valence-electron chi connectivity index (χ2n) is 7.43. The van der Waals surface area contributed by atoms with Crippen LogP contribution in [0.5, 0.6) is 11.5 Å². The van der Waals surface area contributed by atoms with E-state index in [1.807, 2.05) is 12.1 Å². The standard InChI is InChI=1S/C22H23N3O4S3/c1-28-17-11-14(7-8-16(17)29-13-19(26)24-21-23-9-10-31-21)12-18-20(27)25(22(30)32-18)15-5-3-2-4-6-15/h7-12,15H,2-6,13H2,1H3,(H,23,24,26). The van der Waals surface area contributed by atoms with Gasteiger partial charge in [-0.05, 0) is 36.6 Å². The molecule has 32 heavy (non-hydrogen) atoms. The van der Waals surface area contributed by atoms with Gasteiger partial charge in [-0.1, -0.05) is 49.3 Å². The lowest BCUT2D eigenvalue weighted by molar-refractivity contribution is -0.124. The maximum absolute atomic E-state index is 13.0. The molecule has 2 heterocycles. The Bertz CT molecular complexity index is 1030. The van der Waals surface area contributed by atoms with Crippen molar-refractivity contribution in [1.29, 1.82) is 0 Å². The minimum Gasteiger partial charge on any atom is -0.493 e. The molecule has 4 rings (SSSR count). The number of thioether (sulfide) groups is 1.